The number of urea groups is 1. The molecule has 1 aromatic carbocycles. The summed E-state index contributed by atoms with van der Waals surface area (Å²) in [7, 11) is 1.74. The number of ether oxygens (including phenoxy) is 1. The fourth-order valence-electron chi connectivity index (χ4n) is 2.37. The van der Waals surface area contributed by atoms with Crippen LogP contribution < -0.4 is 5.32 Å². The Morgan fingerprint density at radius 3 is 2.90 bits per heavy atom. The second-order valence-corrected chi connectivity index (χ2v) is 6.23. The number of halogens is 2. The standard InChI is InChI=1S/C15H20Cl2N2O2/c1-10(14-4-3-7-21-14)18-15(20)19(2)9-11-5-6-12(16)8-13(11)17/h5-6,8,10,14H,3-4,7,9H2,1-2H3,(H,18,20)/t10-,14-/m1/s1. The molecule has 1 fully saturated rings. The highest BCUT2D eigenvalue weighted by atomic mass is 35.5. The molecule has 1 N–H and O–H groups in total. The van der Waals surface area contributed by atoms with Gasteiger partial charge in [0.25, 0.3) is 0 Å². The van der Waals surface area contributed by atoms with E-state index >= 15 is 0 Å². The zero-order valence-corrected chi connectivity index (χ0v) is 13.7. The van der Waals surface area contributed by atoms with Crippen LogP contribution >= 0.6 is 23.2 Å². The van der Waals surface area contributed by atoms with Gasteiger partial charge in [0.1, 0.15) is 0 Å². The fourth-order valence-corrected chi connectivity index (χ4v) is 2.84. The van der Waals surface area contributed by atoms with Crippen LogP contribution in [0.1, 0.15) is 25.3 Å². The van der Waals surface area contributed by atoms with Gasteiger partial charge in [0, 0.05) is 30.2 Å². The lowest BCUT2D eigenvalue weighted by Crippen LogP contribution is -2.46. The lowest BCUT2D eigenvalue weighted by Gasteiger charge is -2.24. The van der Waals surface area contributed by atoms with Crippen LogP contribution in [0.4, 0.5) is 4.79 Å². The molecule has 0 bridgehead atoms. The second-order valence-electron chi connectivity index (χ2n) is 5.38. The number of benzene rings is 1. The zero-order chi connectivity index (χ0) is 15.4. The monoisotopic (exact) mass is 330 g/mol. The molecule has 1 aliphatic heterocycles. The molecule has 0 unspecified atom stereocenters. The van der Waals surface area contributed by atoms with E-state index in [9.17, 15) is 4.79 Å². The molecule has 116 valence electrons. The molecule has 0 aliphatic carbocycles. The van der Waals surface area contributed by atoms with Crippen molar-refractivity contribution in [2.24, 2.45) is 0 Å². The minimum atomic E-state index is -0.135. The summed E-state index contributed by atoms with van der Waals surface area (Å²) in [6.45, 7) is 3.18. The quantitative estimate of drug-likeness (QED) is 0.914. The van der Waals surface area contributed by atoms with Crippen molar-refractivity contribution in [1.82, 2.24) is 10.2 Å². The van der Waals surface area contributed by atoms with E-state index in [0.717, 1.165) is 25.0 Å². The highest BCUT2D eigenvalue weighted by molar-refractivity contribution is 6.35. The maximum absolute atomic E-state index is 12.2. The first-order valence-corrected chi connectivity index (χ1v) is 7.80. The molecule has 1 heterocycles. The average molecular weight is 331 g/mol. The van der Waals surface area contributed by atoms with Gasteiger partial charge in [0.15, 0.2) is 0 Å². The van der Waals surface area contributed by atoms with Crippen LogP contribution in [-0.2, 0) is 11.3 Å². The van der Waals surface area contributed by atoms with Gasteiger partial charge in [-0.05, 0) is 37.5 Å². The van der Waals surface area contributed by atoms with Crippen LogP contribution in [0.15, 0.2) is 18.2 Å². The molecule has 2 atom stereocenters. The predicted molar refractivity (Wildman–Crippen MR) is 84.9 cm³/mol. The lowest BCUT2D eigenvalue weighted by molar-refractivity contribution is 0.0838. The van der Waals surface area contributed by atoms with Crippen LogP contribution in [0.5, 0.6) is 0 Å². The van der Waals surface area contributed by atoms with Crippen molar-refractivity contribution in [1.29, 1.82) is 0 Å². The van der Waals surface area contributed by atoms with Crippen molar-refractivity contribution in [2.75, 3.05) is 13.7 Å². The predicted octanol–water partition coefficient (Wildman–Crippen LogP) is 3.70. The Hall–Kier alpha value is -0.970. The molecular weight excluding hydrogens is 311 g/mol. The van der Waals surface area contributed by atoms with E-state index in [0.29, 0.717) is 16.6 Å². The van der Waals surface area contributed by atoms with Crippen molar-refractivity contribution >= 4 is 29.2 Å². The SMILES string of the molecule is C[C@@H](NC(=O)N(C)Cc1ccc(Cl)cc1Cl)[C@H]1CCCO1. The van der Waals surface area contributed by atoms with Gasteiger partial charge < -0.3 is 15.0 Å². The molecule has 1 saturated heterocycles. The number of carbonyl (C=O) groups excluding carboxylic acids is 1. The first-order chi connectivity index (χ1) is 9.97. The van der Waals surface area contributed by atoms with Gasteiger partial charge in [-0.2, -0.15) is 0 Å². The Kier molecular flexibility index (Phi) is 5.73. The van der Waals surface area contributed by atoms with E-state index in [4.69, 9.17) is 27.9 Å². The van der Waals surface area contributed by atoms with E-state index in [2.05, 4.69) is 5.32 Å². The van der Waals surface area contributed by atoms with Gasteiger partial charge in [-0.15, -0.1) is 0 Å². The molecule has 1 aromatic rings. The molecule has 21 heavy (non-hydrogen) atoms. The van der Waals surface area contributed by atoms with Crippen molar-refractivity contribution in [3.8, 4) is 0 Å². The minimum absolute atomic E-state index is 0.00291. The number of amides is 2. The van der Waals surface area contributed by atoms with Crippen LogP contribution in [-0.4, -0.2) is 36.7 Å². The topological polar surface area (TPSA) is 41.6 Å². The van der Waals surface area contributed by atoms with Crippen LogP contribution in [0.25, 0.3) is 0 Å². The van der Waals surface area contributed by atoms with Gasteiger partial charge in [-0.25, -0.2) is 4.79 Å². The summed E-state index contributed by atoms with van der Waals surface area (Å²) in [4.78, 5) is 13.8. The Balaban J connectivity index is 1.89. The molecule has 0 aromatic heterocycles. The van der Waals surface area contributed by atoms with E-state index in [1.54, 1.807) is 24.1 Å². The third-order valence-electron chi connectivity index (χ3n) is 3.64. The van der Waals surface area contributed by atoms with Gasteiger partial charge >= 0.3 is 6.03 Å². The van der Waals surface area contributed by atoms with Crippen LogP contribution in [0.3, 0.4) is 0 Å². The smallest absolute Gasteiger partial charge is 0.317 e. The Bertz CT molecular complexity index is 504. The van der Waals surface area contributed by atoms with E-state index in [-0.39, 0.29) is 18.2 Å². The Labute approximate surface area is 135 Å². The van der Waals surface area contributed by atoms with Gasteiger partial charge in [-0.3, -0.25) is 0 Å². The van der Waals surface area contributed by atoms with Crippen molar-refractivity contribution in [3.63, 3.8) is 0 Å². The maximum Gasteiger partial charge on any atom is 0.317 e. The second kappa shape index (κ2) is 7.34. The fraction of sp³-hybridized carbons (Fsp3) is 0.533. The van der Waals surface area contributed by atoms with Gasteiger partial charge in [0.2, 0.25) is 0 Å². The number of nitrogens with one attached hydrogen (secondary N) is 1. The van der Waals surface area contributed by atoms with Crippen molar-refractivity contribution in [3.05, 3.63) is 33.8 Å². The Morgan fingerprint density at radius 1 is 1.52 bits per heavy atom. The van der Waals surface area contributed by atoms with E-state index < -0.39 is 0 Å². The minimum Gasteiger partial charge on any atom is -0.376 e. The molecule has 1 aliphatic rings. The van der Waals surface area contributed by atoms with Crippen LogP contribution in [0.2, 0.25) is 10.0 Å². The summed E-state index contributed by atoms with van der Waals surface area (Å²) in [5.74, 6) is 0. The summed E-state index contributed by atoms with van der Waals surface area (Å²) in [5, 5.41) is 4.12. The average Bonchev–Trinajstić information content (AvgIpc) is 2.95. The first kappa shape index (κ1) is 16.4. The van der Waals surface area contributed by atoms with E-state index in [1.807, 2.05) is 13.0 Å². The third-order valence-corrected chi connectivity index (χ3v) is 4.23. The van der Waals surface area contributed by atoms with E-state index in [1.165, 1.54) is 0 Å². The number of nitrogens with zero attached hydrogens (tertiary/aromatic N) is 1. The van der Waals surface area contributed by atoms with Gasteiger partial charge in [0.05, 0.1) is 12.1 Å². The third kappa shape index (κ3) is 4.50. The summed E-state index contributed by atoms with van der Waals surface area (Å²) in [5.41, 5.74) is 0.864. The molecule has 2 amide bonds. The normalized spacial score (nSPS) is 19.3. The molecule has 0 saturated carbocycles. The molecule has 4 nitrogen and oxygen atoms in total. The van der Waals surface area contributed by atoms with Crippen LogP contribution in [0, 0.1) is 0 Å². The Morgan fingerprint density at radius 2 is 2.29 bits per heavy atom. The maximum atomic E-state index is 12.2. The van der Waals surface area contributed by atoms with Gasteiger partial charge in [-0.1, -0.05) is 29.3 Å². The van der Waals surface area contributed by atoms with Crippen molar-refractivity contribution < 1.29 is 9.53 Å². The zero-order valence-electron chi connectivity index (χ0n) is 12.2. The summed E-state index contributed by atoms with van der Waals surface area (Å²) < 4.78 is 5.58. The summed E-state index contributed by atoms with van der Waals surface area (Å²) in [6, 6.07) is 5.15. The molecule has 6 heteroatoms. The molecule has 0 spiro atoms. The highest BCUT2D eigenvalue weighted by Crippen LogP contribution is 2.22. The molecule has 2 rings (SSSR count). The summed E-state index contributed by atoms with van der Waals surface area (Å²) >= 11 is 12.0. The number of hydrogen-bond donors (Lipinski definition) is 1. The number of carbonyl (C=O) groups is 1. The molecule has 0 radical (unpaired) electrons. The lowest BCUT2D eigenvalue weighted by atomic mass is 10.1. The first-order valence-electron chi connectivity index (χ1n) is 7.04. The number of hydrogen-bond acceptors (Lipinski definition) is 2. The van der Waals surface area contributed by atoms with Crippen molar-refractivity contribution in [2.45, 2.75) is 38.5 Å². The molecular formula is C15H20Cl2N2O2. The highest BCUT2D eigenvalue weighted by Gasteiger charge is 2.24. The largest absolute Gasteiger partial charge is 0.376 e. The summed E-state index contributed by atoms with van der Waals surface area (Å²) in [6.07, 6.45) is 2.16. The number of rotatable bonds is 4.